The van der Waals surface area contributed by atoms with Gasteiger partial charge in [-0.15, -0.1) is 0 Å². The average molecular weight is 389 g/mol. The van der Waals surface area contributed by atoms with Gasteiger partial charge in [0.2, 0.25) is 0 Å². The van der Waals surface area contributed by atoms with E-state index in [2.05, 4.69) is 29.3 Å². The number of carbonyl (C=O) groups is 2. The van der Waals surface area contributed by atoms with Gasteiger partial charge in [-0.25, -0.2) is 9.79 Å². The predicted octanol–water partition coefficient (Wildman–Crippen LogP) is 3.44. The van der Waals surface area contributed by atoms with Gasteiger partial charge < -0.3 is 9.80 Å². The second-order valence-corrected chi connectivity index (χ2v) is 8.11. The Morgan fingerprint density at radius 2 is 1.85 bits per heavy atom. The number of aliphatic imine (C=N–C) groups is 1. The van der Waals surface area contributed by atoms with Crippen LogP contribution >= 0.6 is 11.8 Å². The third-order valence-corrected chi connectivity index (χ3v) is 6.09. The number of amidine groups is 1. The van der Waals surface area contributed by atoms with Crippen molar-refractivity contribution in [3.05, 3.63) is 35.9 Å². The molecule has 3 amide bonds. The number of thioether (sulfide) groups is 1. The fourth-order valence-electron chi connectivity index (χ4n) is 3.44. The molecule has 1 saturated heterocycles. The van der Waals surface area contributed by atoms with E-state index in [0.717, 1.165) is 22.9 Å². The Kier molecular flexibility index (Phi) is 6.77. The molecule has 2 heterocycles. The van der Waals surface area contributed by atoms with E-state index < -0.39 is 12.2 Å². The number of imide groups is 1. The van der Waals surface area contributed by atoms with Crippen LogP contribution in [0.2, 0.25) is 0 Å². The first kappa shape index (κ1) is 19.7. The van der Waals surface area contributed by atoms with E-state index in [0.29, 0.717) is 6.54 Å². The quantitative estimate of drug-likeness (QED) is 0.693. The highest BCUT2D eigenvalue weighted by Gasteiger charge is 2.48. The molecule has 0 aromatic heterocycles. The van der Waals surface area contributed by atoms with Gasteiger partial charge in [-0.3, -0.25) is 10.1 Å². The second-order valence-electron chi connectivity index (χ2n) is 7.05. The maximum absolute atomic E-state index is 12.5. The molecule has 2 aliphatic rings. The van der Waals surface area contributed by atoms with Crippen molar-refractivity contribution < 1.29 is 9.59 Å². The van der Waals surface area contributed by atoms with Gasteiger partial charge in [-0.1, -0.05) is 74.7 Å². The summed E-state index contributed by atoms with van der Waals surface area (Å²) in [5.74, 6) is 0.716. The van der Waals surface area contributed by atoms with Crippen LogP contribution in [0.25, 0.3) is 0 Å². The number of likely N-dealkylation sites (N-methyl/N-ethyl adjacent to an activating group) is 1. The third-order valence-electron chi connectivity index (χ3n) is 5.00. The molecule has 27 heavy (non-hydrogen) atoms. The zero-order valence-corrected chi connectivity index (χ0v) is 16.9. The third kappa shape index (κ3) is 4.64. The van der Waals surface area contributed by atoms with Crippen LogP contribution in [0.5, 0.6) is 0 Å². The van der Waals surface area contributed by atoms with E-state index in [1.54, 1.807) is 18.8 Å². The fourth-order valence-corrected chi connectivity index (χ4v) is 4.49. The normalized spacial score (nSPS) is 21.9. The minimum atomic E-state index is -0.463. The van der Waals surface area contributed by atoms with Crippen molar-refractivity contribution in [1.82, 2.24) is 15.1 Å². The van der Waals surface area contributed by atoms with Gasteiger partial charge in [0.05, 0.1) is 0 Å². The van der Waals surface area contributed by atoms with Gasteiger partial charge in [0, 0.05) is 19.3 Å². The van der Waals surface area contributed by atoms with E-state index in [1.165, 1.54) is 30.6 Å². The van der Waals surface area contributed by atoms with Crippen molar-refractivity contribution in [2.24, 2.45) is 4.99 Å². The molecule has 0 saturated carbocycles. The van der Waals surface area contributed by atoms with Crippen LogP contribution in [0.15, 0.2) is 35.3 Å². The highest BCUT2D eigenvalue weighted by molar-refractivity contribution is 8.13. The molecule has 3 rings (SSSR count). The number of benzene rings is 1. The first-order valence-electron chi connectivity index (χ1n) is 9.70. The molecule has 2 aliphatic heterocycles. The molecule has 7 heteroatoms. The Morgan fingerprint density at radius 1 is 1.11 bits per heavy atom. The maximum Gasteiger partial charge on any atom is 0.325 e. The second kappa shape index (κ2) is 9.26. The molecule has 1 aromatic rings. The smallest absolute Gasteiger partial charge is 0.325 e. The molecule has 0 spiro atoms. The predicted molar refractivity (Wildman–Crippen MR) is 110 cm³/mol. The number of rotatable bonds is 8. The summed E-state index contributed by atoms with van der Waals surface area (Å²) < 4.78 is 0. The van der Waals surface area contributed by atoms with Crippen molar-refractivity contribution >= 4 is 28.9 Å². The van der Waals surface area contributed by atoms with Gasteiger partial charge in [0.1, 0.15) is 0 Å². The molecule has 6 nitrogen and oxygen atoms in total. The van der Waals surface area contributed by atoms with Crippen LogP contribution in [-0.4, -0.2) is 51.9 Å². The molecule has 0 bridgehead atoms. The van der Waals surface area contributed by atoms with Gasteiger partial charge in [-0.2, -0.15) is 0 Å². The zero-order chi connectivity index (χ0) is 19.2. The van der Waals surface area contributed by atoms with E-state index in [4.69, 9.17) is 4.99 Å². The number of fused-ring (bicyclic) bond motifs is 1. The van der Waals surface area contributed by atoms with Crippen molar-refractivity contribution in [3.63, 3.8) is 0 Å². The minimum absolute atomic E-state index is 0.263. The number of carbonyl (C=O) groups excluding carboxylic acids is 2. The molecule has 2 unspecified atom stereocenters. The lowest BCUT2D eigenvalue weighted by Gasteiger charge is -2.36. The van der Waals surface area contributed by atoms with E-state index in [-0.39, 0.29) is 11.9 Å². The number of hydrogen-bond acceptors (Lipinski definition) is 5. The van der Waals surface area contributed by atoms with E-state index >= 15 is 0 Å². The van der Waals surface area contributed by atoms with Crippen molar-refractivity contribution in [2.75, 3.05) is 12.8 Å². The molecular formula is C20H28N4O2S. The van der Waals surface area contributed by atoms with Gasteiger partial charge >= 0.3 is 6.03 Å². The van der Waals surface area contributed by atoms with Crippen molar-refractivity contribution in [2.45, 2.75) is 57.8 Å². The van der Waals surface area contributed by atoms with E-state index in [1.807, 2.05) is 18.2 Å². The fraction of sp³-hybridized carbons (Fsp3) is 0.550. The average Bonchev–Trinajstić information content (AvgIpc) is 3.02. The Hall–Kier alpha value is -2.02. The lowest BCUT2D eigenvalue weighted by Crippen LogP contribution is -2.63. The minimum Gasteiger partial charge on any atom is -0.331 e. The summed E-state index contributed by atoms with van der Waals surface area (Å²) in [6.07, 6.45) is 5.70. The summed E-state index contributed by atoms with van der Waals surface area (Å²) in [6, 6.07) is 9.24. The van der Waals surface area contributed by atoms with Gasteiger partial charge in [0.15, 0.2) is 17.4 Å². The number of nitrogens with one attached hydrogen (secondary N) is 1. The molecule has 0 radical (unpaired) electrons. The van der Waals surface area contributed by atoms with Crippen LogP contribution in [-0.2, 0) is 11.3 Å². The van der Waals surface area contributed by atoms with Crippen molar-refractivity contribution in [1.29, 1.82) is 0 Å². The van der Waals surface area contributed by atoms with Crippen LogP contribution < -0.4 is 5.32 Å². The summed E-state index contributed by atoms with van der Waals surface area (Å²) in [6.45, 7) is 2.83. The van der Waals surface area contributed by atoms with Crippen LogP contribution in [0.1, 0.15) is 44.6 Å². The largest absolute Gasteiger partial charge is 0.331 e. The molecule has 1 N–H and O–H groups in total. The van der Waals surface area contributed by atoms with Crippen LogP contribution in [0, 0.1) is 0 Å². The summed E-state index contributed by atoms with van der Waals surface area (Å²) in [4.78, 5) is 32.9. The number of urea groups is 1. The first-order chi connectivity index (χ1) is 13.1. The number of hydrogen-bond donors (Lipinski definition) is 1. The molecule has 1 fully saturated rings. The Balaban J connectivity index is 1.71. The lowest BCUT2D eigenvalue weighted by molar-refractivity contribution is -0.127. The lowest BCUT2D eigenvalue weighted by atomic mass is 10.1. The van der Waals surface area contributed by atoms with Crippen molar-refractivity contribution in [3.8, 4) is 0 Å². The van der Waals surface area contributed by atoms with Crippen LogP contribution in [0.3, 0.4) is 0 Å². The zero-order valence-electron chi connectivity index (χ0n) is 16.1. The SMILES string of the molecule is CCCCCCCSC1=NC2C(C(=O)NC(=O)N2C)N1Cc1ccccc1. The molecule has 1 aromatic carbocycles. The topological polar surface area (TPSA) is 65.0 Å². The number of amides is 3. The molecule has 0 aliphatic carbocycles. The van der Waals surface area contributed by atoms with Gasteiger partial charge in [0.25, 0.3) is 5.91 Å². The monoisotopic (exact) mass is 388 g/mol. The Bertz CT molecular complexity index is 694. The highest BCUT2D eigenvalue weighted by Crippen LogP contribution is 2.30. The maximum atomic E-state index is 12.5. The molecule has 146 valence electrons. The number of unbranched alkanes of at least 4 members (excludes halogenated alkanes) is 4. The molecular weight excluding hydrogens is 360 g/mol. The summed E-state index contributed by atoms with van der Waals surface area (Å²) in [5.41, 5.74) is 1.13. The molecule has 2 atom stereocenters. The standard InChI is InChI=1S/C20H28N4O2S/c1-3-4-5-6-10-13-27-20-21-17-16(18(25)22-19(26)23(17)2)24(20)14-15-11-8-7-9-12-15/h7-9,11-12,16-17H,3-6,10,13-14H2,1-2H3,(H,22,25,26). The van der Waals surface area contributed by atoms with Crippen LogP contribution in [0.4, 0.5) is 4.79 Å². The first-order valence-corrected chi connectivity index (χ1v) is 10.7. The summed E-state index contributed by atoms with van der Waals surface area (Å²) in [7, 11) is 1.70. The Morgan fingerprint density at radius 3 is 2.59 bits per heavy atom. The number of nitrogens with zero attached hydrogens (tertiary/aromatic N) is 3. The summed E-state index contributed by atoms with van der Waals surface area (Å²) >= 11 is 1.70. The summed E-state index contributed by atoms with van der Waals surface area (Å²) in [5, 5.41) is 3.31. The van der Waals surface area contributed by atoms with E-state index in [9.17, 15) is 9.59 Å². The van der Waals surface area contributed by atoms with Gasteiger partial charge in [-0.05, 0) is 12.0 Å². The Labute approximate surface area is 165 Å². The highest BCUT2D eigenvalue weighted by atomic mass is 32.2.